The quantitative estimate of drug-likeness (QED) is 0.460. The van der Waals surface area contributed by atoms with E-state index in [2.05, 4.69) is 16.8 Å². The van der Waals surface area contributed by atoms with E-state index in [-0.39, 0.29) is 14.9 Å². The third kappa shape index (κ3) is 16.2. The molecule has 0 radical (unpaired) electrons. The molecule has 0 saturated carbocycles. The van der Waals surface area contributed by atoms with Gasteiger partial charge < -0.3 is 21.3 Å². The van der Waals surface area contributed by atoms with Crippen molar-refractivity contribution < 1.29 is 0 Å². The van der Waals surface area contributed by atoms with Crippen LogP contribution in [-0.2, 0) is 0 Å². The van der Waals surface area contributed by atoms with Crippen molar-refractivity contribution >= 4 is 5.84 Å². The minimum absolute atomic E-state index is 0. The number of nitrogens with zero attached hydrogens (tertiary/aromatic N) is 2. The number of likely N-dealkylation sites (tertiary alicyclic amines) is 2. The van der Waals surface area contributed by atoms with Gasteiger partial charge in [0.2, 0.25) is 0 Å². The smallest absolute Gasteiger partial charge is 0.0925 e. The first-order valence-corrected chi connectivity index (χ1v) is 8.99. The van der Waals surface area contributed by atoms with Gasteiger partial charge in [-0.3, -0.25) is 5.41 Å². The molecule has 0 aromatic rings. The topological polar surface area (TPSA) is 82.4 Å². The van der Waals surface area contributed by atoms with Crippen molar-refractivity contribution in [1.29, 1.82) is 5.41 Å². The van der Waals surface area contributed by atoms with Gasteiger partial charge in [0.05, 0.1) is 5.84 Å². The van der Waals surface area contributed by atoms with Crippen LogP contribution in [0.15, 0.2) is 0 Å². The molecule has 2 rings (SSSR count). The Kier molecular flexibility index (Phi) is 26.5. The summed E-state index contributed by atoms with van der Waals surface area (Å²) in [6.07, 6.45) is 4.43. The van der Waals surface area contributed by atoms with E-state index in [0.29, 0.717) is 17.9 Å². The van der Waals surface area contributed by atoms with E-state index in [1.807, 2.05) is 34.6 Å². The van der Waals surface area contributed by atoms with Gasteiger partial charge in [-0.15, -0.1) is 0 Å². The number of nitrogens with two attached hydrogens (primary N) is 2. The zero-order chi connectivity index (χ0) is 17.5. The number of piperidine rings is 2. The van der Waals surface area contributed by atoms with Crippen LogP contribution in [0.3, 0.4) is 0 Å². The highest BCUT2D eigenvalue weighted by Crippen LogP contribution is 2.07. The average Bonchev–Trinajstić information content (AvgIpc) is 2.55. The van der Waals surface area contributed by atoms with E-state index >= 15 is 0 Å². The number of amidine groups is 1. The van der Waals surface area contributed by atoms with Gasteiger partial charge in [0.1, 0.15) is 0 Å². The minimum atomic E-state index is 0. The maximum absolute atomic E-state index is 7.34. The molecule has 0 atom stereocenters. The number of rotatable bonds is 0. The zero-order valence-electron chi connectivity index (χ0n) is 15.9. The molecule has 5 heteroatoms. The van der Waals surface area contributed by atoms with Crippen LogP contribution in [0.5, 0.6) is 0 Å². The van der Waals surface area contributed by atoms with E-state index in [0.717, 1.165) is 25.9 Å². The first kappa shape index (κ1) is 31.2. The average molecular weight is 348 g/mol. The molecule has 2 aliphatic rings. The lowest BCUT2D eigenvalue weighted by Gasteiger charge is -2.30. The fraction of sp³-hybridized carbons (Fsp3) is 0.947. The van der Waals surface area contributed by atoms with Gasteiger partial charge in [0, 0.05) is 25.2 Å². The van der Waals surface area contributed by atoms with Gasteiger partial charge in [-0.05, 0) is 52.7 Å². The Bertz CT molecular complexity index is 232. The van der Waals surface area contributed by atoms with Crippen LogP contribution < -0.4 is 11.5 Å². The van der Waals surface area contributed by atoms with Crippen molar-refractivity contribution in [3.05, 3.63) is 0 Å². The van der Waals surface area contributed by atoms with Gasteiger partial charge in [-0.2, -0.15) is 0 Å². The molecule has 2 aliphatic heterocycles. The second kappa shape index (κ2) is 20.4. The monoisotopic (exact) mass is 347 g/mol. The zero-order valence-corrected chi connectivity index (χ0v) is 15.9. The number of hydrogen-bond donors (Lipinski definition) is 3. The first-order valence-electron chi connectivity index (χ1n) is 8.99. The highest BCUT2D eigenvalue weighted by Gasteiger charge is 2.15. The van der Waals surface area contributed by atoms with Gasteiger partial charge >= 0.3 is 0 Å². The Morgan fingerprint density at radius 2 is 1.08 bits per heavy atom. The van der Waals surface area contributed by atoms with Crippen LogP contribution in [0.4, 0.5) is 0 Å². The molecular formula is C19H49N5. The summed E-state index contributed by atoms with van der Waals surface area (Å²) in [4.78, 5) is 4.40. The van der Waals surface area contributed by atoms with Crippen molar-refractivity contribution in [1.82, 2.24) is 9.80 Å². The van der Waals surface area contributed by atoms with Crippen LogP contribution in [0.1, 0.15) is 75.2 Å². The standard InChI is InChI=1S/C7H15N3.C6H14N2.2C2H6.2CH4/c1-6(8)10-4-2-7(9)3-5-10;1-8-4-2-6(7)3-5-8;2*1-2;;/h7-8H,2-5,9H2,1H3;6H,2-5,7H2,1H3;2*1-2H3;2*1H4. The highest BCUT2D eigenvalue weighted by atomic mass is 15.2. The minimum Gasteiger partial charge on any atom is -0.361 e. The summed E-state index contributed by atoms with van der Waals surface area (Å²) in [7, 11) is 2.14. The molecule has 150 valence electrons. The largest absolute Gasteiger partial charge is 0.361 e. The van der Waals surface area contributed by atoms with E-state index < -0.39 is 0 Å². The molecule has 2 saturated heterocycles. The normalized spacial score (nSPS) is 18.1. The molecule has 0 bridgehead atoms. The summed E-state index contributed by atoms with van der Waals surface area (Å²) in [5.41, 5.74) is 11.4. The predicted octanol–water partition coefficient (Wildman–Crippen LogP) is 3.77. The second-order valence-electron chi connectivity index (χ2n) is 5.55. The molecule has 0 aromatic heterocycles. The lowest BCUT2D eigenvalue weighted by molar-refractivity contribution is 0.256. The first-order chi connectivity index (χ1) is 10.5. The van der Waals surface area contributed by atoms with E-state index in [1.54, 1.807) is 0 Å². The van der Waals surface area contributed by atoms with Crippen molar-refractivity contribution in [2.45, 2.75) is 87.2 Å². The van der Waals surface area contributed by atoms with Crippen molar-refractivity contribution in [2.24, 2.45) is 11.5 Å². The lowest BCUT2D eigenvalue weighted by atomic mass is 10.1. The Morgan fingerprint density at radius 3 is 1.33 bits per heavy atom. The molecule has 2 heterocycles. The van der Waals surface area contributed by atoms with Crippen LogP contribution in [0.2, 0.25) is 0 Å². The summed E-state index contributed by atoms with van der Waals surface area (Å²) in [5, 5.41) is 7.34. The molecule has 0 aliphatic carbocycles. The molecule has 5 N–H and O–H groups in total. The SMILES string of the molecule is C.C.CC.CC.CC(=N)N1CCC(N)CC1.CN1CCC(N)CC1. The highest BCUT2D eigenvalue weighted by molar-refractivity contribution is 5.76. The lowest BCUT2D eigenvalue weighted by Crippen LogP contribution is -2.41. The summed E-state index contributed by atoms with van der Waals surface area (Å²) >= 11 is 0. The maximum atomic E-state index is 7.34. The summed E-state index contributed by atoms with van der Waals surface area (Å²) in [6, 6.07) is 0.849. The molecule has 0 spiro atoms. The Balaban J connectivity index is -0.000000131. The predicted molar refractivity (Wildman–Crippen MR) is 113 cm³/mol. The Morgan fingerprint density at radius 1 is 0.792 bits per heavy atom. The number of nitrogens with one attached hydrogen (secondary N) is 1. The van der Waals surface area contributed by atoms with Crippen molar-refractivity contribution in [2.75, 3.05) is 33.2 Å². The fourth-order valence-corrected chi connectivity index (χ4v) is 2.26. The molecule has 0 aromatic carbocycles. The van der Waals surface area contributed by atoms with Gasteiger partial charge in [-0.1, -0.05) is 42.5 Å². The second-order valence-corrected chi connectivity index (χ2v) is 5.55. The fourth-order valence-electron chi connectivity index (χ4n) is 2.26. The molecule has 2 fully saturated rings. The third-order valence-electron chi connectivity index (χ3n) is 3.78. The van der Waals surface area contributed by atoms with Gasteiger partial charge in [0.15, 0.2) is 0 Å². The van der Waals surface area contributed by atoms with Crippen LogP contribution in [0.25, 0.3) is 0 Å². The van der Waals surface area contributed by atoms with E-state index in [1.165, 1.54) is 25.9 Å². The van der Waals surface area contributed by atoms with Crippen LogP contribution >= 0.6 is 0 Å². The molecule has 24 heavy (non-hydrogen) atoms. The van der Waals surface area contributed by atoms with Crippen molar-refractivity contribution in [3.8, 4) is 0 Å². The maximum Gasteiger partial charge on any atom is 0.0925 e. The van der Waals surface area contributed by atoms with Gasteiger partial charge in [-0.25, -0.2) is 0 Å². The molecular weight excluding hydrogens is 298 g/mol. The van der Waals surface area contributed by atoms with Gasteiger partial charge in [0.25, 0.3) is 0 Å². The van der Waals surface area contributed by atoms with E-state index in [9.17, 15) is 0 Å². The molecule has 0 amide bonds. The summed E-state index contributed by atoms with van der Waals surface area (Å²) in [6.45, 7) is 14.1. The molecule has 0 unspecified atom stereocenters. The van der Waals surface area contributed by atoms with Crippen LogP contribution in [0, 0.1) is 5.41 Å². The Hall–Kier alpha value is -0.650. The summed E-state index contributed by atoms with van der Waals surface area (Å²) < 4.78 is 0. The summed E-state index contributed by atoms with van der Waals surface area (Å²) in [5.74, 6) is 0.673. The van der Waals surface area contributed by atoms with E-state index in [4.69, 9.17) is 16.9 Å². The number of hydrogen-bond acceptors (Lipinski definition) is 4. The molecule has 5 nitrogen and oxygen atoms in total. The third-order valence-corrected chi connectivity index (χ3v) is 3.78. The Labute approximate surface area is 153 Å². The van der Waals surface area contributed by atoms with Crippen molar-refractivity contribution in [3.63, 3.8) is 0 Å². The van der Waals surface area contributed by atoms with Crippen LogP contribution in [-0.4, -0.2) is 60.9 Å².